The minimum atomic E-state index is -4.84. The lowest BCUT2D eigenvalue weighted by molar-refractivity contribution is -0.141. The summed E-state index contributed by atoms with van der Waals surface area (Å²) in [6.45, 7) is 1.66. The van der Waals surface area contributed by atoms with Gasteiger partial charge in [0.25, 0.3) is 5.91 Å². The fourth-order valence-electron chi connectivity index (χ4n) is 4.26. The fourth-order valence-corrected chi connectivity index (χ4v) is 4.63. The number of urea groups is 1. The Kier molecular flexibility index (Phi) is 4.36. The van der Waals surface area contributed by atoms with Crippen molar-refractivity contribution in [2.45, 2.75) is 43.3 Å². The maximum atomic E-state index is 12.6. The number of nitrogens with two attached hydrogens (primary N) is 1. The van der Waals surface area contributed by atoms with Gasteiger partial charge in [-0.3, -0.25) is 14.2 Å². The van der Waals surface area contributed by atoms with Gasteiger partial charge in [-0.25, -0.2) is 10.3 Å². The Morgan fingerprint density at radius 1 is 1.41 bits per heavy atom. The molecule has 13 heteroatoms. The van der Waals surface area contributed by atoms with Crippen molar-refractivity contribution >= 4 is 22.3 Å². The Hall–Kier alpha value is -1.51. The minimum absolute atomic E-state index is 0.137. The molecule has 3 unspecified atom stereocenters. The number of carbonyl (C=O) groups excluding carboxylic acids is 2. The molecule has 1 spiro atoms. The summed E-state index contributed by atoms with van der Waals surface area (Å²) < 4.78 is 35.6. The van der Waals surface area contributed by atoms with Gasteiger partial charge < -0.3 is 16.0 Å². The van der Waals surface area contributed by atoms with Crippen LogP contribution in [0.25, 0.3) is 0 Å². The van der Waals surface area contributed by atoms with Crippen molar-refractivity contribution in [3.63, 3.8) is 0 Å². The molecule has 2 bridgehead atoms. The summed E-state index contributed by atoms with van der Waals surface area (Å²) >= 11 is 0. The molecular formula is C14H23N5O7S. The van der Waals surface area contributed by atoms with Gasteiger partial charge >= 0.3 is 16.4 Å². The maximum absolute atomic E-state index is 12.6. The highest BCUT2D eigenvalue weighted by molar-refractivity contribution is 7.80. The number of carbonyl (C=O) groups is 2. The van der Waals surface area contributed by atoms with E-state index in [1.165, 1.54) is 4.90 Å². The molecule has 1 saturated carbocycles. The number of amides is 3. The third kappa shape index (κ3) is 3.50. The van der Waals surface area contributed by atoms with E-state index in [0.717, 1.165) is 25.8 Å². The van der Waals surface area contributed by atoms with Crippen LogP contribution in [0.1, 0.15) is 25.7 Å². The standard InChI is InChI=1S/C14H23N5O7S/c15-14(3-4-16-7-14)8-25-17-11(20)9-5-13(1-2-13)10-6-18(9)12(21)19(10)26-27(22,23)24/h9-10,16H,1-8,15H2,(H,17,20)(H,22,23,24). The van der Waals surface area contributed by atoms with Crippen molar-refractivity contribution in [2.75, 3.05) is 26.2 Å². The second-order valence-corrected chi connectivity index (χ2v) is 8.91. The van der Waals surface area contributed by atoms with Gasteiger partial charge in [0.05, 0.1) is 18.2 Å². The van der Waals surface area contributed by atoms with Gasteiger partial charge in [0, 0.05) is 13.1 Å². The summed E-state index contributed by atoms with van der Waals surface area (Å²) in [5.74, 6) is -0.490. The number of rotatable bonds is 6. The van der Waals surface area contributed by atoms with Crippen LogP contribution in [0.2, 0.25) is 0 Å². The molecule has 3 amide bonds. The molecule has 4 fully saturated rings. The van der Waals surface area contributed by atoms with E-state index < -0.39 is 40.0 Å². The van der Waals surface area contributed by atoms with E-state index in [0.29, 0.717) is 18.0 Å². The lowest BCUT2D eigenvalue weighted by Crippen LogP contribution is -2.54. The average Bonchev–Trinajstić information content (AvgIpc) is 3.12. The van der Waals surface area contributed by atoms with Crippen LogP contribution in [0.3, 0.4) is 0 Å². The van der Waals surface area contributed by atoms with E-state index in [9.17, 15) is 18.0 Å². The smallest absolute Gasteiger partial charge is 0.322 e. The number of hydroxylamine groups is 3. The molecular weight excluding hydrogens is 382 g/mol. The van der Waals surface area contributed by atoms with Crippen molar-refractivity contribution in [1.29, 1.82) is 0 Å². The van der Waals surface area contributed by atoms with Gasteiger partial charge in [0.2, 0.25) is 0 Å². The first-order chi connectivity index (χ1) is 12.6. The lowest BCUT2D eigenvalue weighted by atomic mass is 9.85. The molecule has 12 nitrogen and oxygen atoms in total. The molecule has 3 aliphatic heterocycles. The highest BCUT2D eigenvalue weighted by Crippen LogP contribution is 2.59. The van der Waals surface area contributed by atoms with Crippen molar-refractivity contribution < 1.29 is 31.7 Å². The van der Waals surface area contributed by atoms with E-state index in [1.54, 1.807) is 0 Å². The van der Waals surface area contributed by atoms with E-state index in [1.807, 2.05) is 0 Å². The Balaban J connectivity index is 1.42. The summed E-state index contributed by atoms with van der Waals surface area (Å²) in [7, 11) is -4.84. The van der Waals surface area contributed by atoms with E-state index in [4.69, 9.17) is 15.1 Å². The number of nitrogens with one attached hydrogen (secondary N) is 2. The van der Waals surface area contributed by atoms with E-state index >= 15 is 0 Å². The molecule has 0 aromatic heterocycles. The second kappa shape index (κ2) is 6.25. The fraction of sp³-hybridized carbons (Fsp3) is 0.857. The first kappa shape index (κ1) is 18.8. The van der Waals surface area contributed by atoms with Crippen LogP contribution < -0.4 is 16.5 Å². The summed E-state index contributed by atoms with van der Waals surface area (Å²) in [4.78, 5) is 31.7. The predicted molar refractivity (Wildman–Crippen MR) is 88.9 cm³/mol. The van der Waals surface area contributed by atoms with E-state index in [-0.39, 0.29) is 18.6 Å². The molecule has 152 valence electrons. The Labute approximate surface area is 156 Å². The monoisotopic (exact) mass is 405 g/mol. The van der Waals surface area contributed by atoms with Gasteiger partial charge in [-0.15, -0.1) is 4.28 Å². The highest BCUT2D eigenvalue weighted by Gasteiger charge is 2.65. The average molecular weight is 405 g/mol. The molecule has 3 heterocycles. The Bertz CT molecular complexity index is 749. The minimum Gasteiger partial charge on any atom is -0.322 e. The zero-order valence-corrected chi connectivity index (χ0v) is 15.4. The number of fused-ring (bicyclic) bond motifs is 3. The second-order valence-electron chi connectivity index (χ2n) is 7.91. The number of piperidine rings is 1. The van der Waals surface area contributed by atoms with Gasteiger partial charge in [0.15, 0.2) is 0 Å². The van der Waals surface area contributed by atoms with Crippen LogP contribution in [0.4, 0.5) is 4.79 Å². The third-order valence-electron chi connectivity index (χ3n) is 5.95. The van der Waals surface area contributed by atoms with Gasteiger partial charge in [-0.1, -0.05) is 0 Å². The lowest BCUT2D eigenvalue weighted by Gasteiger charge is -2.35. The number of hydrogen-bond donors (Lipinski definition) is 4. The molecule has 5 N–H and O–H groups in total. The van der Waals surface area contributed by atoms with Crippen LogP contribution in [-0.4, -0.2) is 78.7 Å². The van der Waals surface area contributed by atoms with Crippen LogP contribution >= 0.6 is 0 Å². The molecule has 1 aliphatic carbocycles. The highest BCUT2D eigenvalue weighted by atomic mass is 32.3. The quantitative estimate of drug-likeness (QED) is 0.292. The van der Waals surface area contributed by atoms with Gasteiger partial charge in [-0.2, -0.15) is 13.5 Å². The molecule has 4 rings (SSSR count). The zero-order valence-electron chi connectivity index (χ0n) is 14.6. The molecule has 3 atom stereocenters. The molecule has 0 aromatic carbocycles. The molecule has 0 radical (unpaired) electrons. The van der Waals surface area contributed by atoms with Gasteiger partial charge in [-0.05, 0) is 37.6 Å². The van der Waals surface area contributed by atoms with Crippen molar-refractivity contribution in [3.05, 3.63) is 0 Å². The third-order valence-corrected chi connectivity index (χ3v) is 6.30. The Morgan fingerprint density at radius 3 is 2.74 bits per heavy atom. The van der Waals surface area contributed by atoms with Crippen LogP contribution in [0.15, 0.2) is 0 Å². The maximum Gasteiger partial charge on any atom is 0.418 e. The van der Waals surface area contributed by atoms with Crippen LogP contribution in [-0.2, 0) is 24.3 Å². The number of nitrogens with zero attached hydrogens (tertiary/aromatic N) is 2. The van der Waals surface area contributed by atoms with Crippen molar-refractivity contribution in [3.8, 4) is 0 Å². The summed E-state index contributed by atoms with van der Waals surface area (Å²) in [6.07, 6.45) is 2.58. The first-order valence-electron chi connectivity index (χ1n) is 8.81. The normalized spacial score (nSPS) is 34.4. The molecule has 4 aliphatic rings. The van der Waals surface area contributed by atoms with Crippen molar-refractivity contribution in [1.82, 2.24) is 20.8 Å². The van der Waals surface area contributed by atoms with E-state index in [2.05, 4.69) is 15.1 Å². The first-order valence-corrected chi connectivity index (χ1v) is 10.2. The topological polar surface area (TPSA) is 164 Å². The summed E-state index contributed by atoms with van der Waals surface area (Å²) in [5.41, 5.74) is 7.56. The SMILES string of the molecule is NC1(CONC(=O)C2CC3(CC3)C3CN2C(=O)N3OS(=O)(=O)O)CCNC1. The molecule has 3 saturated heterocycles. The summed E-state index contributed by atoms with van der Waals surface area (Å²) in [5, 5.41) is 3.80. The molecule has 27 heavy (non-hydrogen) atoms. The largest absolute Gasteiger partial charge is 0.418 e. The van der Waals surface area contributed by atoms with Crippen molar-refractivity contribution in [2.24, 2.45) is 11.1 Å². The van der Waals surface area contributed by atoms with Crippen LogP contribution in [0.5, 0.6) is 0 Å². The summed E-state index contributed by atoms with van der Waals surface area (Å²) in [6, 6.07) is -2.09. The zero-order chi connectivity index (χ0) is 19.4. The van der Waals surface area contributed by atoms with Gasteiger partial charge in [0.1, 0.15) is 6.04 Å². The number of hydrogen-bond acceptors (Lipinski definition) is 8. The predicted octanol–water partition coefficient (Wildman–Crippen LogP) is -1.88. The van der Waals surface area contributed by atoms with Crippen LogP contribution in [0, 0.1) is 5.41 Å². The molecule has 0 aromatic rings. The Morgan fingerprint density at radius 2 is 2.15 bits per heavy atom.